The van der Waals surface area contributed by atoms with Crippen molar-refractivity contribution in [2.75, 3.05) is 6.54 Å². The molecule has 4 nitrogen and oxygen atoms in total. The SMILES string of the molecule is CC(C)C(CN)NC(=O)c1cccc2cc[nH]c12. The molecule has 4 heteroatoms. The van der Waals surface area contributed by atoms with E-state index in [-0.39, 0.29) is 11.9 Å². The number of hydrogen-bond donors (Lipinski definition) is 3. The lowest BCUT2D eigenvalue weighted by Crippen LogP contribution is -2.43. The van der Waals surface area contributed by atoms with Gasteiger partial charge in [0.1, 0.15) is 0 Å². The van der Waals surface area contributed by atoms with E-state index in [0.29, 0.717) is 18.0 Å². The number of nitrogens with one attached hydrogen (secondary N) is 2. The van der Waals surface area contributed by atoms with E-state index in [9.17, 15) is 4.79 Å². The molecule has 0 saturated carbocycles. The molecule has 1 unspecified atom stereocenters. The Labute approximate surface area is 107 Å². The van der Waals surface area contributed by atoms with Crippen LogP contribution in [0.1, 0.15) is 24.2 Å². The van der Waals surface area contributed by atoms with Gasteiger partial charge in [-0.05, 0) is 18.1 Å². The van der Waals surface area contributed by atoms with Crippen molar-refractivity contribution in [1.29, 1.82) is 0 Å². The van der Waals surface area contributed by atoms with Crippen molar-refractivity contribution in [3.8, 4) is 0 Å². The van der Waals surface area contributed by atoms with Gasteiger partial charge in [0.2, 0.25) is 0 Å². The Kier molecular flexibility index (Phi) is 3.67. The molecule has 96 valence electrons. The molecule has 2 aromatic rings. The van der Waals surface area contributed by atoms with Crippen LogP contribution in [0.4, 0.5) is 0 Å². The van der Waals surface area contributed by atoms with Crippen molar-refractivity contribution in [3.05, 3.63) is 36.0 Å². The summed E-state index contributed by atoms with van der Waals surface area (Å²) in [4.78, 5) is 15.3. The fourth-order valence-corrected chi connectivity index (χ4v) is 2.02. The average Bonchev–Trinajstić information content (AvgIpc) is 2.82. The van der Waals surface area contributed by atoms with E-state index in [1.165, 1.54) is 0 Å². The Balaban J connectivity index is 2.26. The fraction of sp³-hybridized carbons (Fsp3) is 0.357. The van der Waals surface area contributed by atoms with Crippen molar-refractivity contribution < 1.29 is 4.79 Å². The van der Waals surface area contributed by atoms with E-state index in [4.69, 9.17) is 5.73 Å². The minimum atomic E-state index is -0.0767. The number of rotatable bonds is 4. The molecule has 1 aromatic heterocycles. The van der Waals surface area contributed by atoms with Crippen molar-refractivity contribution in [2.24, 2.45) is 11.7 Å². The molecule has 1 aromatic carbocycles. The lowest BCUT2D eigenvalue weighted by atomic mass is 10.0. The number of aromatic nitrogens is 1. The topological polar surface area (TPSA) is 70.9 Å². The van der Waals surface area contributed by atoms with Crippen LogP contribution in [0.25, 0.3) is 10.9 Å². The molecule has 0 aliphatic heterocycles. The summed E-state index contributed by atoms with van der Waals surface area (Å²) in [5, 5.41) is 4.02. The standard InChI is InChI=1S/C14H19N3O/c1-9(2)12(8-15)17-14(18)11-5-3-4-10-6-7-16-13(10)11/h3-7,9,12,16H,8,15H2,1-2H3,(H,17,18). The summed E-state index contributed by atoms with van der Waals surface area (Å²) in [5.74, 6) is 0.244. The van der Waals surface area contributed by atoms with E-state index < -0.39 is 0 Å². The fourth-order valence-electron chi connectivity index (χ4n) is 2.02. The number of carbonyl (C=O) groups excluding carboxylic acids is 1. The van der Waals surface area contributed by atoms with Gasteiger partial charge >= 0.3 is 0 Å². The number of benzene rings is 1. The number of nitrogens with two attached hydrogens (primary N) is 1. The summed E-state index contributed by atoms with van der Waals surface area (Å²) in [6, 6.07) is 7.64. The van der Waals surface area contributed by atoms with Gasteiger partial charge in [-0.25, -0.2) is 0 Å². The predicted octanol–water partition coefficient (Wildman–Crippen LogP) is 1.88. The lowest BCUT2D eigenvalue weighted by Gasteiger charge is -2.20. The van der Waals surface area contributed by atoms with E-state index in [1.54, 1.807) is 0 Å². The third-order valence-corrected chi connectivity index (χ3v) is 3.21. The molecule has 0 spiro atoms. The zero-order chi connectivity index (χ0) is 13.1. The quantitative estimate of drug-likeness (QED) is 0.769. The summed E-state index contributed by atoms with van der Waals surface area (Å²) in [7, 11) is 0. The van der Waals surface area contributed by atoms with Gasteiger partial charge in [-0.2, -0.15) is 0 Å². The highest BCUT2D eigenvalue weighted by atomic mass is 16.1. The van der Waals surface area contributed by atoms with Gasteiger partial charge in [0.05, 0.1) is 11.1 Å². The highest BCUT2D eigenvalue weighted by molar-refractivity contribution is 6.05. The lowest BCUT2D eigenvalue weighted by molar-refractivity contribution is 0.0929. The van der Waals surface area contributed by atoms with Gasteiger partial charge in [-0.1, -0.05) is 26.0 Å². The molecule has 1 heterocycles. The molecule has 4 N–H and O–H groups in total. The monoisotopic (exact) mass is 245 g/mol. The van der Waals surface area contributed by atoms with Crippen LogP contribution in [0.5, 0.6) is 0 Å². The number of carbonyl (C=O) groups is 1. The molecule has 0 fully saturated rings. The van der Waals surface area contributed by atoms with Crippen LogP contribution >= 0.6 is 0 Å². The molecule has 0 aliphatic rings. The van der Waals surface area contributed by atoms with Crippen LogP contribution < -0.4 is 11.1 Å². The van der Waals surface area contributed by atoms with Gasteiger partial charge in [0.25, 0.3) is 5.91 Å². The molecule has 0 saturated heterocycles. The van der Waals surface area contributed by atoms with Crippen LogP contribution in [-0.2, 0) is 0 Å². The Morgan fingerprint density at radius 3 is 2.83 bits per heavy atom. The smallest absolute Gasteiger partial charge is 0.253 e. The number of amides is 1. The molecule has 18 heavy (non-hydrogen) atoms. The number of fused-ring (bicyclic) bond motifs is 1. The predicted molar refractivity (Wildman–Crippen MR) is 73.4 cm³/mol. The first kappa shape index (κ1) is 12.6. The van der Waals surface area contributed by atoms with Gasteiger partial charge in [-0.3, -0.25) is 4.79 Å². The zero-order valence-electron chi connectivity index (χ0n) is 10.7. The second-order valence-electron chi connectivity index (χ2n) is 4.81. The van der Waals surface area contributed by atoms with Gasteiger partial charge in [0.15, 0.2) is 0 Å². The van der Waals surface area contributed by atoms with Gasteiger partial charge < -0.3 is 16.0 Å². The van der Waals surface area contributed by atoms with E-state index in [2.05, 4.69) is 10.3 Å². The maximum atomic E-state index is 12.2. The first-order valence-electron chi connectivity index (χ1n) is 6.20. The van der Waals surface area contributed by atoms with E-state index in [1.807, 2.05) is 44.3 Å². The minimum Gasteiger partial charge on any atom is -0.361 e. The summed E-state index contributed by atoms with van der Waals surface area (Å²) in [6.07, 6.45) is 1.84. The number of H-pyrrole nitrogens is 1. The van der Waals surface area contributed by atoms with Gasteiger partial charge in [0, 0.05) is 24.2 Å². The third-order valence-electron chi connectivity index (χ3n) is 3.21. The minimum absolute atomic E-state index is 0.00252. The summed E-state index contributed by atoms with van der Waals surface area (Å²) >= 11 is 0. The van der Waals surface area contributed by atoms with Gasteiger partial charge in [-0.15, -0.1) is 0 Å². The van der Waals surface area contributed by atoms with Crippen LogP contribution in [0.15, 0.2) is 30.5 Å². The molecule has 0 aliphatic carbocycles. The maximum absolute atomic E-state index is 12.2. The highest BCUT2D eigenvalue weighted by Crippen LogP contribution is 2.17. The summed E-state index contributed by atoms with van der Waals surface area (Å²) in [5.41, 5.74) is 7.20. The molecular formula is C14H19N3O. The van der Waals surface area contributed by atoms with Crippen LogP contribution in [-0.4, -0.2) is 23.5 Å². The second-order valence-corrected chi connectivity index (χ2v) is 4.81. The van der Waals surface area contributed by atoms with E-state index >= 15 is 0 Å². The molecule has 1 atom stereocenters. The third kappa shape index (κ3) is 2.38. The van der Waals surface area contributed by atoms with Crippen LogP contribution in [0, 0.1) is 5.92 Å². The first-order chi connectivity index (χ1) is 8.63. The normalized spacial score (nSPS) is 12.9. The van der Waals surface area contributed by atoms with Crippen LogP contribution in [0.3, 0.4) is 0 Å². The van der Waals surface area contributed by atoms with Crippen molar-refractivity contribution in [2.45, 2.75) is 19.9 Å². The molecule has 0 radical (unpaired) electrons. The van der Waals surface area contributed by atoms with E-state index in [0.717, 1.165) is 10.9 Å². The summed E-state index contributed by atoms with van der Waals surface area (Å²) < 4.78 is 0. The Morgan fingerprint density at radius 1 is 1.39 bits per heavy atom. The maximum Gasteiger partial charge on any atom is 0.253 e. The Hall–Kier alpha value is -1.81. The van der Waals surface area contributed by atoms with Crippen molar-refractivity contribution in [3.63, 3.8) is 0 Å². The van der Waals surface area contributed by atoms with Crippen molar-refractivity contribution >= 4 is 16.8 Å². The largest absolute Gasteiger partial charge is 0.361 e. The molecular weight excluding hydrogens is 226 g/mol. The Bertz CT molecular complexity index is 545. The first-order valence-corrected chi connectivity index (χ1v) is 6.20. The number of para-hydroxylation sites is 1. The van der Waals surface area contributed by atoms with Crippen LogP contribution in [0.2, 0.25) is 0 Å². The highest BCUT2D eigenvalue weighted by Gasteiger charge is 2.17. The number of aromatic amines is 1. The Morgan fingerprint density at radius 2 is 2.17 bits per heavy atom. The second kappa shape index (κ2) is 5.23. The molecule has 1 amide bonds. The van der Waals surface area contributed by atoms with Crippen molar-refractivity contribution in [1.82, 2.24) is 10.3 Å². The number of hydrogen-bond acceptors (Lipinski definition) is 2. The summed E-state index contributed by atoms with van der Waals surface area (Å²) in [6.45, 7) is 4.55. The molecule has 2 rings (SSSR count). The zero-order valence-corrected chi connectivity index (χ0v) is 10.7. The average molecular weight is 245 g/mol. The molecule has 0 bridgehead atoms.